The smallest absolute Gasteiger partial charge is 0.312 e. The first kappa shape index (κ1) is 15.8. The Kier molecular flexibility index (Phi) is 2.41. The van der Waals surface area contributed by atoms with Gasteiger partial charge < -0.3 is 24.2 Å². The van der Waals surface area contributed by atoms with Crippen LogP contribution in [0.5, 0.6) is 11.5 Å². The number of rotatable bonds is 1. The molecule has 6 atom stereocenters. The van der Waals surface area contributed by atoms with E-state index >= 15 is 0 Å². The van der Waals surface area contributed by atoms with Crippen molar-refractivity contribution in [2.75, 3.05) is 27.3 Å². The first-order valence-electron chi connectivity index (χ1n) is 10.1. The van der Waals surface area contributed by atoms with E-state index in [1.54, 1.807) is 13.2 Å². The number of nitrogens with zero attached hydrogens (tertiary/aromatic N) is 1. The summed E-state index contributed by atoms with van der Waals surface area (Å²) in [7, 11) is 3.87. The predicted octanol–water partition coefficient (Wildman–Crippen LogP) is 1.54. The van der Waals surface area contributed by atoms with E-state index in [9.17, 15) is 9.90 Å². The van der Waals surface area contributed by atoms with Gasteiger partial charge >= 0.3 is 5.97 Å². The molecule has 3 heterocycles. The summed E-state index contributed by atoms with van der Waals surface area (Å²) in [4.78, 5) is 15.3. The van der Waals surface area contributed by atoms with Gasteiger partial charge in [0.2, 0.25) is 0 Å². The molecule has 2 saturated heterocycles. The molecule has 3 aliphatic heterocycles. The molecule has 1 aromatic rings. The standard InChI is InChI=1S/C22H23NO5/c1-23-8-7-20-16-12-3-4-14(24)17(16)28-22(20)11-27-18(25)13-10-19(20,15(23)9-12)5-6-21(13,22)26-2/h3-6,13,15,24H,7-11H2,1-2H3/t13-,15+,19-,20-,21-,22-/m1/s1. The second-order valence-corrected chi connectivity index (χ2v) is 9.47. The first-order chi connectivity index (χ1) is 13.5. The molecule has 6 nitrogen and oxygen atoms in total. The van der Waals surface area contributed by atoms with Crippen LogP contribution < -0.4 is 4.74 Å². The number of piperidine rings is 1. The maximum absolute atomic E-state index is 12.9. The molecule has 1 aromatic carbocycles. The van der Waals surface area contributed by atoms with Crippen LogP contribution in [0.2, 0.25) is 0 Å². The van der Waals surface area contributed by atoms with Gasteiger partial charge in [0.05, 0.1) is 11.3 Å². The molecule has 6 bridgehead atoms. The lowest BCUT2D eigenvalue weighted by Crippen LogP contribution is -2.87. The summed E-state index contributed by atoms with van der Waals surface area (Å²) >= 11 is 0. The zero-order chi connectivity index (χ0) is 19.1. The average Bonchev–Trinajstić information content (AvgIpc) is 3.02. The van der Waals surface area contributed by atoms with Crippen molar-refractivity contribution in [2.24, 2.45) is 11.3 Å². The van der Waals surface area contributed by atoms with Gasteiger partial charge in [-0.1, -0.05) is 18.2 Å². The largest absolute Gasteiger partial charge is 0.504 e. The molecule has 3 fully saturated rings. The van der Waals surface area contributed by atoms with E-state index in [2.05, 4.69) is 30.2 Å². The van der Waals surface area contributed by atoms with E-state index in [0.29, 0.717) is 12.2 Å². The molecule has 1 saturated carbocycles. The van der Waals surface area contributed by atoms with Crippen molar-refractivity contribution in [3.63, 3.8) is 0 Å². The second-order valence-electron chi connectivity index (χ2n) is 9.47. The number of hydrogen-bond acceptors (Lipinski definition) is 6. The first-order valence-corrected chi connectivity index (χ1v) is 10.1. The van der Waals surface area contributed by atoms with Gasteiger partial charge in [0.1, 0.15) is 12.2 Å². The number of aromatic hydroxyl groups is 1. The summed E-state index contributed by atoms with van der Waals surface area (Å²) in [5.41, 5.74) is 0.0874. The summed E-state index contributed by atoms with van der Waals surface area (Å²) < 4.78 is 18.7. The van der Waals surface area contributed by atoms with E-state index in [1.165, 1.54) is 5.56 Å². The molecule has 1 N–H and O–H groups in total. The molecular weight excluding hydrogens is 358 g/mol. The lowest BCUT2D eigenvalue weighted by Gasteiger charge is -2.75. The van der Waals surface area contributed by atoms with E-state index in [1.807, 2.05) is 0 Å². The molecule has 8 rings (SSSR count). The van der Waals surface area contributed by atoms with Gasteiger partial charge in [-0.2, -0.15) is 0 Å². The van der Waals surface area contributed by atoms with Gasteiger partial charge in [-0.25, -0.2) is 0 Å². The highest BCUT2D eigenvalue weighted by Gasteiger charge is 2.88. The molecule has 7 aliphatic rings. The van der Waals surface area contributed by atoms with Crippen molar-refractivity contribution in [3.05, 3.63) is 35.4 Å². The number of benzene rings is 1. The number of esters is 1. The van der Waals surface area contributed by atoms with Crippen LogP contribution in [0.3, 0.4) is 0 Å². The fourth-order valence-electron chi connectivity index (χ4n) is 8.22. The zero-order valence-corrected chi connectivity index (χ0v) is 16.0. The van der Waals surface area contributed by atoms with E-state index < -0.39 is 17.1 Å². The molecule has 146 valence electrons. The minimum absolute atomic E-state index is 0.159. The third-order valence-electron chi connectivity index (χ3n) is 9.15. The number of phenols is 1. The van der Waals surface area contributed by atoms with Gasteiger partial charge in [0.15, 0.2) is 17.1 Å². The van der Waals surface area contributed by atoms with Gasteiger partial charge in [-0.3, -0.25) is 4.79 Å². The Morgan fingerprint density at radius 3 is 3.00 bits per heavy atom. The molecule has 0 aromatic heterocycles. The van der Waals surface area contributed by atoms with Gasteiger partial charge in [0, 0.05) is 24.1 Å². The molecule has 4 aliphatic carbocycles. The summed E-state index contributed by atoms with van der Waals surface area (Å²) in [5.74, 6) is 0.162. The van der Waals surface area contributed by atoms with Crippen molar-refractivity contribution in [1.82, 2.24) is 4.90 Å². The highest BCUT2D eigenvalue weighted by Crippen LogP contribution is 2.79. The quantitative estimate of drug-likeness (QED) is 0.588. The van der Waals surface area contributed by atoms with E-state index in [0.717, 1.165) is 24.9 Å². The van der Waals surface area contributed by atoms with Crippen molar-refractivity contribution in [3.8, 4) is 11.5 Å². The van der Waals surface area contributed by atoms with Gasteiger partial charge in [0.25, 0.3) is 0 Å². The Hall–Kier alpha value is -2.05. The van der Waals surface area contributed by atoms with Crippen molar-refractivity contribution in [1.29, 1.82) is 0 Å². The molecule has 0 unspecified atom stereocenters. The fraction of sp³-hybridized carbons (Fsp3) is 0.591. The molecule has 3 spiro atoms. The monoisotopic (exact) mass is 381 g/mol. The third kappa shape index (κ3) is 1.17. The van der Waals surface area contributed by atoms with E-state index in [4.69, 9.17) is 14.2 Å². The Morgan fingerprint density at radius 2 is 2.18 bits per heavy atom. The van der Waals surface area contributed by atoms with Crippen LogP contribution in [0.15, 0.2) is 24.3 Å². The fourth-order valence-corrected chi connectivity index (χ4v) is 8.22. The second kappa shape index (κ2) is 4.26. The third-order valence-corrected chi connectivity index (χ3v) is 9.15. The van der Waals surface area contributed by atoms with Crippen LogP contribution in [-0.2, 0) is 26.1 Å². The SMILES string of the molecule is CO[C@]12C=C[C@]34C[C@@H]1C(=O)OC[C@]21Oc2c(O)ccc5c2[C@@]13CCN(C)[C@H]4C5. The highest BCUT2D eigenvalue weighted by atomic mass is 16.6. The van der Waals surface area contributed by atoms with Crippen LogP contribution >= 0.6 is 0 Å². The minimum atomic E-state index is -0.870. The van der Waals surface area contributed by atoms with Crippen LogP contribution in [0.1, 0.15) is 24.0 Å². The molecule has 6 heteroatoms. The number of hydrogen-bond donors (Lipinski definition) is 1. The number of carbonyl (C=O) groups excluding carboxylic acids is 1. The Morgan fingerprint density at radius 1 is 1.32 bits per heavy atom. The highest BCUT2D eigenvalue weighted by molar-refractivity contribution is 5.81. The predicted molar refractivity (Wildman–Crippen MR) is 98.3 cm³/mol. The Labute approximate surface area is 163 Å². The van der Waals surface area contributed by atoms with Crippen LogP contribution in [0.25, 0.3) is 0 Å². The number of cyclic esters (lactones) is 1. The van der Waals surface area contributed by atoms with Crippen molar-refractivity contribution >= 4 is 5.97 Å². The van der Waals surface area contributed by atoms with Crippen LogP contribution in [0.4, 0.5) is 0 Å². The zero-order valence-electron chi connectivity index (χ0n) is 16.0. The number of likely N-dealkylation sites (tertiary alicyclic amines) is 1. The molecule has 0 amide bonds. The van der Waals surface area contributed by atoms with Crippen LogP contribution in [-0.4, -0.2) is 60.5 Å². The summed E-state index contributed by atoms with van der Waals surface area (Å²) in [6, 6.07) is 4.08. The number of carbonyl (C=O) groups is 1. The normalized spacial score (nSPS) is 48.9. The number of phenolic OH excluding ortho intramolecular Hbond substituents is 1. The summed E-state index contributed by atoms with van der Waals surface area (Å²) in [6.45, 7) is 1.10. The topological polar surface area (TPSA) is 68.2 Å². The lowest BCUT2D eigenvalue weighted by atomic mass is 9.33. The summed E-state index contributed by atoms with van der Waals surface area (Å²) in [6.07, 6.45) is 6.91. The number of ether oxygens (including phenoxy) is 3. The number of methoxy groups -OCH3 is 1. The lowest BCUT2D eigenvalue weighted by molar-refractivity contribution is -0.298. The molecular formula is C22H23NO5. The Bertz CT molecular complexity index is 1000. The molecule has 28 heavy (non-hydrogen) atoms. The summed E-state index contributed by atoms with van der Waals surface area (Å²) in [5, 5.41) is 10.7. The number of likely N-dealkylation sites (N-methyl/N-ethyl adjacent to an activating group) is 1. The van der Waals surface area contributed by atoms with Crippen LogP contribution in [0, 0.1) is 11.3 Å². The maximum atomic E-state index is 12.9. The maximum Gasteiger partial charge on any atom is 0.312 e. The van der Waals surface area contributed by atoms with Crippen molar-refractivity contribution in [2.45, 2.75) is 41.9 Å². The minimum Gasteiger partial charge on any atom is -0.504 e. The average molecular weight is 381 g/mol. The Balaban J connectivity index is 1.67. The molecule has 0 radical (unpaired) electrons. The van der Waals surface area contributed by atoms with Crippen molar-refractivity contribution < 1.29 is 24.1 Å². The van der Waals surface area contributed by atoms with Gasteiger partial charge in [-0.15, -0.1) is 0 Å². The van der Waals surface area contributed by atoms with E-state index in [-0.39, 0.29) is 35.2 Å². The van der Waals surface area contributed by atoms with Gasteiger partial charge in [-0.05, 0) is 44.5 Å².